The number of allylic oxidation sites excluding steroid dienone is 4. The molecule has 8 unspecified atom stereocenters. The van der Waals surface area contributed by atoms with E-state index in [9.17, 15) is 15.0 Å². The maximum Gasteiger partial charge on any atom is 0.207 e. The molecule has 8 atom stereocenters. The number of rotatable bonds is 14. The highest BCUT2D eigenvalue weighted by atomic mass is 16.5. The summed E-state index contributed by atoms with van der Waals surface area (Å²) in [5.74, 6) is 2.33. The molecule has 2 saturated carbocycles. The van der Waals surface area contributed by atoms with Crippen molar-refractivity contribution in [1.29, 1.82) is 0 Å². The number of carbonyl (C=O) groups excluding carboxylic acids is 1. The number of aromatic nitrogens is 3. The molecule has 9 heteroatoms. The first-order valence-corrected chi connectivity index (χ1v) is 21.8. The predicted octanol–water partition coefficient (Wildman–Crippen LogP) is 8.84. The van der Waals surface area contributed by atoms with Crippen LogP contribution in [-0.4, -0.2) is 75.2 Å². The molecule has 5 aliphatic rings. The monoisotopic (exact) mass is 785 g/mol. The van der Waals surface area contributed by atoms with Crippen LogP contribution in [0, 0.1) is 47.3 Å². The van der Waals surface area contributed by atoms with Gasteiger partial charge in [-0.2, -0.15) is 5.10 Å². The van der Waals surface area contributed by atoms with E-state index in [1.807, 2.05) is 19.2 Å². The highest BCUT2D eigenvalue weighted by molar-refractivity contribution is 5.87. The number of H-pyrrole nitrogens is 1. The van der Waals surface area contributed by atoms with Crippen LogP contribution in [0.25, 0.3) is 22.3 Å². The number of aryl methyl sites for hydroxylation is 1. The Kier molecular flexibility index (Phi) is 11.7. The van der Waals surface area contributed by atoms with Gasteiger partial charge < -0.3 is 20.3 Å². The summed E-state index contributed by atoms with van der Waals surface area (Å²) in [4.78, 5) is 18.0. The van der Waals surface area contributed by atoms with Crippen molar-refractivity contribution in [2.75, 3.05) is 26.2 Å². The smallest absolute Gasteiger partial charge is 0.207 e. The van der Waals surface area contributed by atoms with Crippen molar-refractivity contribution in [2.45, 2.75) is 98.3 Å². The van der Waals surface area contributed by atoms with Gasteiger partial charge in [0.05, 0.1) is 18.8 Å². The number of nitrogens with zero attached hydrogens (tertiary/aromatic N) is 3. The summed E-state index contributed by atoms with van der Waals surface area (Å²) in [5.41, 5.74) is 10.3. The molecule has 308 valence electrons. The van der Waals surface area contributed by atoms with Gasteiger partial charge in [-0.3, -0.25) is 19.8 Å². The van der Waals surface area contributed by atoms with Crippen molar-refractivity contribution >= 4 is 17.6 Å². The molecule has 0 aliphatic heterocycles. The zero-order valence-electron chi connectivity index (χ0n) is 35.1. The molecule has 1 aromatic carbocycles. The van der Waals surface area contributed by atoms with Gasteiger partial charge in [-0.05, 0) is 121 Å². The lowest BCUT2D eigenvalue weighted by atomic mass is 9.47. The van der Waals surface area contributed by atoms with Gasteiger partial charge in [0.25, 0.3) is 0 Å². The molecule has 2 heterocycles. The van der Waals surface area contributed by atoms with Gasteiger partial charge in [-0.15, -0.1) is 0 Å². The van der Waals surface area contributed by atoms with E-state index in [2.05, 4.69) is 108 Å². The van der Waals surface area contributed by atoms with Crippen molar-refractivity contribution in [3.63, 3.8) is 0 Å². The summed E-state index contributed by atoms with van der Waals surface area (Å²) in [6.07, 6.45) is 21.1. The Labute approximate surface area is 344 Å². The largest absolute Gasteiger partial charge is 0.507 e. The standard InChI is InChI=1S/C49H63N5O4/c1-31(2)39-26-40(45(57)27-44(39)56)47-46(32(3)52-53-47)34-10-8-33(9-11-34)29-54(22-21-51-30-55)23-24-58-37-16-18-48(4)36(25-37)12-13-38-42-15-14-41(35-7-6-20-50-28-35)49(42,5)19-17-43(38)48/h6-12,14,20,26-28,30-31,37-39,42-44,56-57H,13,15-19,21-25,29H2,1-5H3,(H,51,55)(H,52,53). The fraction of sp³-hybridized carbons (Fsp3) is 0.531. The number of hydrogen-bond donors (Lipinski definition) is 4. The third-order valence-corrected chi connectivity index (χ3v) is 15.0. The molecule has 9 nitrogen and oxygen atoms in total. The maximum atomic E-state index is 11.1. The normalized spacial score (nSPS) is 30.5. The second-order valence-corrected chi connectivity index (χ2v) is 18.6. The van der Waals surface area contributed by atoms with Crippen LogP contribution in [0.1, 0.15) is 95.2 Å². The number of hydrogen-bond acceptors (Lipinski definition) is 7. The molecule has 1 amide bonds. The summed E-state index contributed by atoms with van der Waals surface area (Å²) in [6, 6.07) is 12.9. The van der Waals surface area contributed by atoms with Crippen LogP contribution < -0.4 is 5.32 Å². The number of pyridine rings is 1. The Morgan fingerprint density at radius 3 is 2.59 bits per heavy atom. The Hall–Kier alpha value is -4.31. The predicted molar refractivity (Wildman–Crippen MR) is 230 cm³/mol. The van der Waals surface area contributed by atoms with Gasteiger partial charge in [0, 0.05) is 61.3 Å². The molecule has 0 bridgehead atoms. The van der Waals surface area contributed by atoms with Crippen LogP contribution >= 0.6 is 0 Å². The van der Waals surface area contributed by atoms with Gasteiger partial charge in [-0.1, -0.05) is 81.8 Å². The Morgan fingerprint density at radius 2 is 1.83 bits per heavy atom. The van der Waals surface area contributed by atoms with Gasteiger partial charge in [0.1, 0.15) is 11.5 Å². The molecule has 8 rings (SSSR count). The Morgan fingerprint density at radius 1 is 1.02 bits per heavy atom. The minimum Gasteiger partial charge on any atom is -0.507 e. The molecule has 3 aromatic rings. The number of aliphatic hydroxyl groups is 2. The fourth-order valence-corrected chi connectivity index (χ4v) is 11.7. The van der Waals surface area contributed by atoms with E-state index >= 15 is 0 Å². The van der Waals surface area contributed by atoms with Gasteiger partial charge in [0.2, 0.25) is 6.41 Å². The maximum absolute atomic E-state index is 11.1. The SMILES string of the molecule is Cc1[nH]nc(C2=CC(C(C)C)C(O)C=C2O)c1-c1ccc(CN(CCNC=O)CCOC2CCC3(C)C(=CCC4C3CCC3(C)C(c5cccnc5)=CCC43)C2)cc1. The number of ether oxygens (including phenoxy) is 1. The van der Waals surface area contributed by atoms with E-state index < -0.39 is 6.10 Å². The van der Waals surface area contributed by atoms with Crippen molar-refractivity contribution in [1.82, 2.24) is 25.4 Å². The quantitative estimate of drug-likeness (QED) is 0.0732. The zero-order chi connectivity index (χ0) is 40.6. The van der Waals surface area contributed by atoms with E-state index in [0.717, 1.165) is 67.5 Å². The molecule has 4 N–H and O–H groups in total. The molecular weight excluding hydrogens is 723 g/mol. The first-order chi connectivity index (χ1) is 28.0. The van der Waals surface area contributed by atoms with Crippen molar-refractivity contribution in [2.24, 2.45) is 40.4 Å². The first-order valence-electron chi connectivity index (χ1n) is 21.8. The molecule has 0 radical (unpaired) electrons. The minimum atomic E-state index is -0.728. The van der Waals surface area contributed by atoms with Crippen LogP contribution in [0.5, 0.6) is 0 Å². The van der Waals surface area contributed by atoms with E-state index in [-0.39, 0.29) is 34.5 Å². The third kappa shape index (κ3) is 7.66. The third-order valence-electron chi connectivity index (χ3n) is 15.0. The lowest BCUT2D eigenvalue weighted by molar-refractivity contribution is -0.109. The number of aromatic amines is 1. The van der Waals surface area contributed by atoms with Crippen molar-refractivity contribution < 1.29 is 19.7 Å². The number of benzene rings is 1. The highest BCUT2D eigenvalue weighted by Crippen LogP contribution is 2.66. The summed E-state index contributed by atoms with van der Waals surface area (Å²) in [6.45, 7) is 14.7. The highest BCUT2D eigenvalue weighted by Gasteiger charge is 2.57. The molecular formula is C49H63N5O4. The van der Waals surface area contributed by atoms with E-state index in [0.29, 0.717) is 30.3 Å². The Balaban J connectivity index is 0.890. The number of aliphatic hydroxyl groups excluding tert-OH is 2. The lowest BCUT2D eigenvalue weighted by Gasteiger charge is -2.58. The van der Waals surface area contributed by atoms with Crippen LogP contribution in [-0.2, 0) is 16.1 Å². The van der Waals surface area contributed by atoms with E-state index in [4.69, 9.17) is 4.74 Å². The number of carbonyl (C=O) groups is 1. The van der Waals surface area contributed by atoms with Gasteiger partial charge in [-0.25, -0.2) is 0 Å². The Bertz CT molecular complexity index is 2070. The second kappa shape index (κ2) is 16.7. The topological polar surface area (TPSA) is 124 Å². The molecule has 0 saturated heterocycles. The minimum absolute atomic E-state index is 0.0523. The lowest BCUT2D eigenvalue weighted by Crippen LogP contribution is -2.50. The van der Waals surface area contributed by atoms with Crippen LogP contribution in [0.4, 0.5) is 0 Å². The first kappa shape index (κ1) is 40.5. The zero-order valence-corrected chi connectivity index (χ0v) is 35.1. The molecule has 2 fully saturated rings. The average molecular weight is 786 g/mol. The second-order valence-electron chi connectivity index (χ2n) is 18.6. The number of nitrogens with one attached hydrogen (secondary N) is 2. The number of fused-ring (bicyclic) bond motifs is 5. The fourth-order valence-electron chi connectivity index (χ4n) is 11.7. The molecule has 0 spiro atoms. The van der Waals surface area contributed by atoms with Gasteiger partial charge in [0.15, 0.2) is 0 Å². The van der Waals surface area contributed by atoms with Crippen LogP contribution in [0.2, 0.25) is 0 Å². The van der Waals surface area contributed by atoms with Gasteiger partial charge >= 0.3 is 0 Å². The van der Waals surface area contributed by atoms with Crippen molar-refractivity contribution in [3.8, 4) is 11.1 Å². The van der Waals surface area contributed by atoms with E-state index in [1.54, 1.807) is 5.57 Å². The summed E-state index contributed by atoms with van der Waals surface area (Å²) in [7, 11) is 0. The van der Waals surface area contributed by atoms with Crippen LogP contribution in [0.3, 0.4) is 0 Å². The molecule has 5 aliphatic carbocycles. The van der Waals surface area contributed by atoms with Crippen LogP contribution in [0.15, 0.2) is 84.4 Å². The summed E-state index contributed by atoms with van der Waals surface area (Å²) < 4.78 is 6.68. The average Bonchev–Trinajstić information content (AvgIpc) is 3.77. The summed E-state index contributed by atoms with van der Waals surface area (Å²) in [5, 5.41) is 32.0. The molecule has 2 aromatic heterocycles. The molecule has 58 heavy (non-hydrogen) atoms. The summed E-state index contributed by atoms with van der Waals surface area (Å²) >= 11 is 0. The van der Waals surface area contributed by atoms with E-state index in [1.165, 1.54) is 54.9 Å². The number of amides is 1. The van der Waals surface area contributed by atoms with Crippen molar-refractivity contribution in [3.05, 3.63) is 107 Å².